The molecule has 4 aromatic rings. The number of methoxy groups -OCH3 is 1. The summed E-state index contributed by atoms with van der Waals surface area (Å²) in [5.74, 6) is -0.201. The highest BCUT2D eigenvalue weighted by Gasteiger charge is 2.31. The van der Waals surface area contributed by atoms with Crippen LogP contribution >= 0.6 is 34.7 Å². The van der Waals surface area contributed by atoms with Crippen LogP contribution in [0.5, 0.6) is 5.75 Å². The van der Waals surface area contributed by atoms with E-state index in [2.05, 4.69) is 12.2 Å². The van der Waals surface area contributed by atoms with Gasteiger partial charge in [-0.25, -0.2) is 4.98 Å². The monoisotopic (exact) mass is 581 g/mol. The van der Waals surface area contributed by atoms with E-state index in [1.165, 1.54) is 23.0 Å². The van der Waals surface area contributed by atoms with Crippen LogP contribution in [0.1, 0.15) is 29.3 Å². The van der Waals surface area contributed by atoms with Gasteiger partial charge in [0.05, 0.1) is 40.2 Å². The lowest BCUT2D eigenvalue weighted by molar-refractivity contribution is -0.137. The number of aromatic nitrogens is 2. The second-order valence-electron chi connectivity index (χ2n) is 8.34. The Morgan fingerprint density at radius 1 is 1.21 bits per heavy atom. The van der Waals surface area contributed by atoms with Gasteiger partial charge >= 0.3 is 6.18 Å². The number of carbonyl (C=O) groups is 1. The summed E-state index contributed by atoms with van der Waals surface area (Å²) in [4.78, 5) is 32.8. The SMILES string of the molecule is CCCc1sc2nc(SCC(=O)Nc3cc(C(F)(F)F)ccc3Cl)n(-c3ccc(OC)cc3)c(=O)c2c1C. The summed E-state index contributed by atoms with van der Waals surface area (Å²) in [6, 6.07) is 9.57. The Labute approximate surface area is 229 Å². The summed E-state index contributed by atoms with van der Waals surface area (Å²) in [5, 5.41) is 3.21. The average Bonchev–Trinajstić information content (AvgIpc) is 3.19. The summed E-state index contributed by atoms with van der Waals surface area (Å²) in [7, 11) is 1.54. The number of amides is 1. The molecule has 38 heavy (non-hydrogen) atoms. The summed E-state index contributed by atoms with van der Waals surface area (Å²) in [6.07, 6.45) is -2.85. The Morgan fingerprint density at radius 3 is 2.55 bits per heavy atom. The van der Waals surface area contributed by atoms with Gasteiger partial charge in [-0.3, -0.25) is 14.2 Å². The number of rotatable bonds is 8. The molecule has 0 saturated heterocycles. The second kappa shape index (κ2) is 11.4. The lowest BCUT2D eigenvalue weighted by Gasteiger charge is -2.14. The van der Waals surface area contributed by atoms with Gasteiger partial charge < -0.3 is 10.1 Å². The van der Waals surface area contributed by atoms with Crippen LogP contribution in [0.2, 0.25) is 5.02 Å². The Kier molecular flexibility index (Phi) is 8.39. The minimum Gasteiger partial charge on any atom is -0.497 e. The van der Waals surface area contributed by atoms with Gasteiger partial charge in [-0.2, -0.15) is 13.2 Å². The van der Waals surface area contributed by atoms with Crippen molar-refractivity contribution >= 4 is 56.5 Å². The molecule has 0 aliphatic rings. The first kappa shape index (κ1) is 28.0. The predicted molar refractivity (Wildman–Crippen MR) is 146 cm³/mol. The number of thioether (sulfide) groups is 1. The van der Waals surface area contributed by atoms with E-state index in [0.29, 0.717) is 21.7 Å². The van der Waals surface area contributed by atoms with Crippen molar-refractivity contribution in [3.8, 4) is 11.4 Å². The van der Waals surface area contributed by atoms with Crippen molar-refractivity contribution in [3.05, 3.63) is 73.8 Å². The van der Waals surface area contributed by atoms with E-state index in [0.717, 1.165) is 53.2 Å². The number of nitrogens with zero attached hydrogens (tertiary/aromatic N) is 2. The van der Waals surface area contributed by atoms with Crippen LogP contribution in [0.15, 0.2) is 52.4 Å². The minimum absolute atomic E-state index is 0.0245. The summed E-state index contributed by atoms with van der Waals surface area (Å²) < 4.78 is 45.9. The molecular formula is C26H23ClF3N3O3S2. The molecule has 0 bridgehead atoms. The van der Waals surface area contributed by atoms with E-state index >= 15 is 0 Å². The lowest BCUT2D eigenvalue weighted by Crippen LogP contribution is -2.23. The van der Waals surface area contributed by atoms with Gasteiger partial charge in [0.1, 0.15) is 10.6 Å². The summed E-state index contributed by atoms with van der Waals surface area (Å²) >= 11 is 8.46. The quantitative estimate of drug-likeness (QED) is 0.177. The molecule has 0 radical (unpaired) electrons. The summed E-state index contributed by atoms with van der Waals surface area (Å²) in [6.45, 7) is 3.97. The van der Waals surface area contributed by atoms with Gasteiger partial charge in [0.15, 0.2) is 5.16 Å². The zero-order valence-corrected chi connectivity index (χ0v) is 23.0. The van der Waals surface area contributed by atoms with Crippen molar-refractivity contribution in [1.29, 1.82) is 0 Å². The Bertz CT molecular complexity index is 1550. The highest BCUT2D eigenvalue weighted by molar-refractivity contribution is 7.99. The third-order valence-corrected chi connectivity index (χ3v) is 8.25. The van der Waals surface area contributed by atoms with Gasteiger partial charge in [0.25, 0.3) is 5.56 Å². The van der Waals surface area contributed by atoms with Crippen molar-refractivity contribution in [2.75, 3.05) is 18.2 Å². The number of thiophene rings is 1. The molecule has 200 valence electrons. The molecule has 0 aliphatic carbocycles. The molecule has 2 aromatic heterocycles. The molecule has 0 saturated carbocycles. The number of fused-ring (bicyclic) bond motifs is 1. The molecule has 0 atom stereocenters. The van der Waals surface area contributed by atoms with E-state index in [4.69, 9.17) is 21.3 Å². The van der Waals surface area contributed by atoms with Crippen LogP contribution in [0.3, 0.4) is 0 Å². The molecule has 12 heteroatoms. The van der Waals surface area contributed by atoms with Crippen molar-refractivity contribution in [2.24, 2.45) is 0 Å². The molecule has 1 N–H and O–H groups in total. The number of benzene rings is 2. The topological polar surface area (TPSA) is 73.2 Å². The maximum Gasteiger partial charge on any atom is 0.416 e. The molecule has 0 spiro atoms. The molecule has 6 nitrogen and oxygen atoms in total. The number of alkyl halides is 3. The number of aryl methyl sites for hydroxylation is 2. The van der Waals surface area contributed by atoms with Crippen LogP contribution < -0.4 is 15.6 Å². The number of ether oxygens (including phenoxy) is 1. The van der Waals surface area contributed by atoms with E-state index in [-0.39, 0.29) is 27.2 Å². The zero-order chi connectivity index (χ0) is 27.6. The first-order valence-corrected chi connectivity index (χ1v) is 13.7. The maximum absolute atomic E-state index is 13.7. The number of nitrogens with one attached hydrogen (secondary N) is 1. The van der Waals surface area contributed by atoms with E-state index in [9.17, 15) is 22.8 Å². The molecule has 0 aliphatic heterocycles. The largest absolute Gasteiger partial charge is 0.497 e. The molecule has 2 aromatic carbocycles. The van der Waals surface area contributed by atoms with E-state index in [1.807, 2.05) is 6.92 Å². The number of anilines is 1. The van der Waals surface area contributed by atoms with Crippen molar-refractivity contribution in [1.82, 2.24) is 9.55 Å². The highest BCUT2D eigenvalue weighted by atomic mass is 35.5. The second-order valence-corrected chi connectivity index (χ2v) is 10.8. The Hall–Kier alpha value is -3.02. The van der Waals surface area contributed by atoms with Crippen molar-refractivity contribution in [3.63, 3.8) is 0 Å². The fourth-order valence-electron chi connectivity index (χ4n) is 3.85. The smallest absolute Gasteiger partial charge is 0.416 e. The fourth-order valence-corrected chi connectivity index (χ4v) is 6.14. The normalized spacial score (nSPS) is 11.7. The molecule has 2 heterocycles. The lowest BCUT2D eigenvalue weighted by atomic mass is 10.1. The molecular weight excluding hydrogens is 559 g/mol. The first-order valence-electron chi connectivity index (χ1n) is 11.5. The van der Waals surface area contributed by atoms with Crippen LogP contribution in [0.25, 0.3) is 15.9 Å². The van der Waals surface area contributed by atoms with E-state index < -0.39 is 17.6 Å². The van der Waals surface area contributed by atoms with Crippen LogP contribution in [0, 0.1) is 6.92 Å². The molecule has 1 amide bonds. The number of hydrogen-bond donors (Lipinski definition) is 1. The van der Waals surface area contributed by atoms with Crippen LogP contribution in [-0.2, 0) is 17.4 Å². The van der Waals surface area contributed by atoms with Gasteiger partial charge in [-0.15, -0.1) is 11.3 Å². The van der Waals surface area contributed by atoms with Gasteiger partial charge in [0.2, 0.25) is 5.91 Å². The minimum atomic E-state index is -4.58. The van der Waals surface area contributed by atoms with Gasteiger partial charge in [0, 0.05) is 4.88 Å². The maximum atomic E-state index is 13.7. The van der Waals surface area contributed by atoms with E-state index in [1.54, 1.807) is 24.3 Å². The number of carbonyl (C=O) groups excluding carboxylic acids is 1. The highest BCUT2D eigenvalue weighted by Crippen LogP contribution is 2.34. The molecule has 0 unspecified atom stereocenters. The molecule has 4 rings (SSSR count). The average molecular weight is 582 g/mol. The zero-order valence-electron chi connectivity index (χ0n) is 20.6. The van der Waals surface area contributed by atoms with Crippen molar-refractivity contribution < 1.29 is 22.7 Å². The standard InChI is InChI=1S/C26H23ClF3N3O3S2/c1-4-5-20-14(2)22-23(38-20)32-25(33(24(22)35)16-7-9-17(36-3)10-8-16)37-13-21(34)31-19-12-15(26(28,29)30)6-11-18(19)27/h6-12H,4-5,13H2,1-3H3,(H,31,34). The first-order chi connectivity index (χ1) is 18.0. The van der Waals surface area contributed by atoms with Gasteiger partial charge in [-0.1, -0.05) is 36.7 Å². The third kappa shape index (κ3) is 5.84. The Balaban J connectivity index is 1.69. The third-order valence-electron chi connectivity index (χ3n) is 5.74. The van der Waals surface area contributed by atoms with Crippen molar-refractivity contribution in [2.45, 2.75) is 38.0 Å². The Morgan fingerprint density at radius 2 is 1.92 bits per heavy atom. The van der Waals surface area contributed by atoms with Crippen LogP contribution in [0.4, 0.5) is 18.9 Å². The fraction of sp³-hybridized carbons (Fsp3) is 0.269. The van der Waals surface area contributed by atoms with Crippen LogP contribution in [-0.4, -0.2) is 28.3 Å². The number of halogens is 4. The number of hydrogen-bond acceptors (Lipinski definition) is 6. The predicted octanol–water partition coefficient (Wildman–Crippen LogP) is 7.12. The van der Waals surface area contributed by atoms with Gasteiger partial charge in [-0.05, 0) is 61.4 Å². The summed E-state index contributed by atoms with van der Waals surface area (Å²) in [5.41, 5.74) is 0.0827. The molecule has 0 fully saturated rings.